The SMILES string of the molecule is C/C=C(F)\C(=C(/C)C(=O)N(CC)[C@@H](C)CNc1ccc(Cl)cn1)n1nccn1. The Morgan fingerprint density at radius 2 is 2.07 bits per heavy atom. The van der Waals surface area contributed by atoms with Crippen LogP contribution in [0.1, 0.15) is 27.7 Å². The maximum Gasteiger partial charge on any atom is 0.252 e. The normalized spacial score (nSPS) is 13.7. The molecule has 2 rings (SSSR count). The van der Waals surface area contributed by atoms with Crippen LogP contribution in [0.4, 0.5) is 10.2 Å². The predicted molar refractivity (Wildman–Crippen MR) is 108 cm³/mol. The van der Waals surface area contributed by atoms with Crippen molar-refractivity contribution in [1.29, 1.82) is 0 Å². The number of rotatable bonds is 8. The van der Waals surface area contributed by atoms with E-state index < -0.39 is 5.83 Å². The summed E-state index contributed by atoms with van der Waals surface area (Å²) in [6.45, 7) is 7.86. The van der Waals surface area contributed by atoms with Crippen LogP contribution < -0.4 is 5.32 Å². The minimum Gasteiger partial charge on any atom is -0.368 e. The number of aromatic nitrogens is 4. The van der Waals surface area contributed by atoms with E-state index in [0.717, 1.165) is 4.80 Å². The summed E-state index contributed by atoms with van der Waals surface area (Å²) in [4.78, 5) is 20.0. The van der Waals surface area contributed by atoms with Gasteiger partial charge >= 0.3 is 0 Å². The highest BCUT2D eigenvalue weighted by Gasteiger charge is 2.25. The van der Waals surface area contributed by atoms with E-state index in [1.54, 1.807) is 37.1 Å². The Bertz CT molecular complexity index is 848. The van der Waals surface area contributed by atoms with Crippen molar-refractivity contribution in [3.8, 4) is 0 Å². The molecular weight excluding hydrogens is 383 g/mol. The zero-order chi connectivity index (χ0) is 20.7. The summed E-state index contributed by atoms with van der Waals surface area (Å²) in [5.74, 6) is -0.187. The molecule has 1 N–H and O–H groups in total. The summed E-state index contributed by atoms with van der Waals surface area (Å²) in [5, 5.41) is 11.7. The van der Waals surface area contributed by atoms with Crippen LogP contribution in [0, 0.1) is 0 Å². The fourth-order valence-corrected chi connectivity index (χ4v) is 2.82. The van der Waals surface area contributed by atoms with Crippen LogP contribution in [0.25, 0.3) is 5.70 Å². The van der Waals surface area contributed by atoms with Gasteiger partial charge in [-0.15, -0.1) is 4.80 Å². The molecule has 0 spiro atoms. The van der Waals surface area contributed by atoms with E-state index in [2.05, 4.69) is 20.5 Å². The molecule has 0 aliphatic carbocycles. The average Bonchev–Trinajstić information content (AvgIpc) is 3.22. The molecular formula is C19H24ClFN6O. The number of anilines is 1. The molecule has 0 aliphatic heterocycles. The van der Waals surface area contributed by atoms with Gasteiger partial charge in [0.15, 0.2) is 0 Å². The van der Waals surface area contributed by atoms with Gasteiger partial charge in [0.2, 0.25) is 0 Å². The first-order valence-electron chi connectivity index (χ1n) is 8.95. The van der Waals surface area contributed by atoms with Crippen LogP contribution in [-0.4, -0.2) is 49.9 Å². The van der Waals surface area contributed by atoms with Gasteiger partial charge in [-0.05, 0) is 45.9 Å². The molecule has 0 bridgehead atoms. The number of carbonyl (C=O) groups is 1. The first-order chi connectivity index (χ1) is 13.4. The lowest BCUT2D eigenvalue weighted by molar-refractivity contribution is -0.128. The molecule has 0 unspecified atom stereocenters. The lowest BCUT2D eigenvalue weighted by Gasteiger charge is -2.29. The van der Waals surface area contributed by atoms with E-state index in [0.29, 0.717) is 23.9 Å². The van der Waals surface area contributed by atoms with Gasteiger partial charge in [0.25, 0.3) is 5.91 Å². The number of amides is 1. The lowest BCUT2D eigenvalue weighted by Crippen LogP contribution is -2.43. The second-order valence-corrected chi connectivity index (χ2v) is 6.55. The zero-order valence-electron chi connectivity index (χ0n) is 16.4. The fraction of sp³-hybridized carbons (Fsp3) is 0.368. The molecule has 0 fully saturated rings. The number of hydrogen-bond donors (Lipinski definition) is 1. The summed E-state index contributed by atoms with van der Waals surface area (Å²) in [5.41, 5.74) is 0.264. The van der Waals surface area contributed by atoms with Crippen LogP contribution in [0.3, 0.4) is 0 Å². The van der Waals surface area contributed by atoms with Crippen molar-refractivity contribution in [3.63, 3.8) is 0 Å². The molecule has 2 aromatic heterocycles. The van der Waals surface area contributed by atoms with Gasteiger partial charge in [0.05, 0.1) is 17.4 Å². The van der Waals surface area contributed by atoms with E-state index in [1.807, 2.05) is 13.8 Å². The minimum absolute atomic E-state index is 0.0375. The number of likely N-dealkylation sites (N-methyl/N-ethyl adjacent to an activating group) is 1. The van der Waals surface area contributed by atoms with Crippen molar-refractivity contribution in [2.24, 2.45) is 0 Å². The standard InChI is InChI=1S/C19H24ClFN6O/c1-5-16(21)18(27-24-9-10-25-27)14(4)19(28)26(6-2)13(3)11-22-17-8-7-15(20)12-23-17/h5,7-10,12-13H,6,11H2,1-4H3,(H,22,23)/b16-5+,18-14-/t13-/m0/s1. The molecule has 0 aromatic carbocycles. The zero-order valence-corrected chi connectivity index (χ0v) is 17.1. The number of allylic oxidation sites excluding steroid dienone is 3. The Morgan fingerprint density at radius 1 is 1.39 bits per heavy atom. The summed E-state index contributed by atoms with van der Waals surface area (Å²) >= 11 is 5.84. The predicted octanol–water partition coefficient (Wildman–Crippen LogP) is 3.78. The van der Waals surface area contributed by atoms with Crippen LogP contribution in [0.15, 0.2) is 48.2 Å². The van der Waals surface area contributed by atoms with Crippen molar-refractivity contribution in [2.75, 3.05) is 18.4 Å². The van der Waals surface area contributed by atoms with Crippen molar-refractivity contribution >= 4 is 29.0 Å². The third-order valence-electron chi connectivity index (χ3n) is 4.21. The highest BCUT2D eigenvalue weighted by molar-refractivity contribution is 6.30. The Labute approximate surface area is 168 Å². The van der Waals surface area contributed by atoms with Gasteiger partial charge in [-0.2, -0.15) is 10.2 Å². The van der Waals surface area contributed by atoms with Crippen LogP contribution in [-0.2, 0) is 4.79 Å². The van der Waals surface area contributed by atoms with Crippen molar-refractivity contribution in [1.82, 2.24) is 24.9 Å². The van der Waals surface area contributed by atoms with Gasteiger partial charge in [-0.25, -0.2) is 9.37 Å². The first kappa shape index (κ1) is 21.6. The van der Waals surface area contributed by atoms with Crippen molar-refractivity contribution in [2.45, 2.75) is 33.7 Å². The molecule has 2 aromatic rings. The van der Waals surface area contributed by atoms with E-state index in [-0.39, 0.29) is 23.2 Å². The monoisotopic (exact) mass is 406 g/mol. The smallest absolute Gasteiger partial charge is 0.252 e. The molecule has 0 saturated heterocycles. The molecule has 7 nitrogen and oxygen atoms in total. The summed E-state index contributed by atoms with van der Waals surface area (Å²) in [7, 11) is 0. The molecule has 0 aliphatic rings. The van der Waals surface area contributed by atoms with Gasteiger partial charge in [0.1, 0.15) is 17.3 Å². The number of hydrogen-bond acceptors (Lipinski definition) is 5. The molecule has 1 atom stereocenters. The first-order valence-corrected chi connectivity index (χ1v) is 9.32. The molecule has 2 heterocycles. The van der Waals surface area contributed by atoms with Gasteiger partial charge < -0.3 is 10.2 Å². The van der Waals surface area contributed by atoms with E-state index in [4.69, 9.17) is 11.6 Å². The Hall–Kier alpha value is -2.74. The third kappa shape index (κ3) is 5.16. The Morgan fingerprint density at radius 3 is 2.61 bits per heavy atom. The highest BCUT2D eigenvalue weighted by Crippen LogP contribution is 2.22. The number of carbonyl (C=O) groups excluding carboxylic acids is 1. The largest absolute Gasteiger partial charge is 0.368 e. The maximum absolute atomic E-state index is 14.4. The van der Waals surface area contributed by atoms with Crippen molar-refractivity contribution in [3.05, 3.63) is 53.2 Å². The van der Waals surface area contributed by atoms with E-state index in [9.17, 15) is 9.18 Å². The van der Waals surface area contributed by atoms with Gasteiger partial charge in [-0.3, -0.25) is 4.79 Å². The summed E-state index contributed by atoms with van der Waals surface area (Å²) in [6, 6.07) is 3.34. The maximum atomic E-state index is 14.4. The lowest BCUT2D eigenvalue weighted by atomic mass is 10.1. The molecule has 0 radical (unpaired) electrons. The molecule has 1 amide bonds. The molecule has 28 heavy (non-hydrogen) atoms. The van der Waals surface area contributed by atoms with E-state index >= 15 is 0 Å². The fourth-order valence-electron chi connectivity index (χ4n) is 2.71. The van der Waals surface area contributed by atoms with E-state index in [1.165, 1.54) is 18.5 Å². The molecule has 0 saturated carbocycles. The third-order valence-corrected chi connectivity index (χ3v) is 4.44. The minimum atomic E-state index is -0.561. The van der Waals surface area contributed by atoms with Crippen LogP contribution >= 0.6 is 11.6 Å². The molecule has 9 heteroatoms. The second kappa shape index (κ2) is 9.98. The Balaban J connectivity index is 2.20. The average molecular weight is 407 g/mol. The van der Waals surface area contributed by atoms with Crippen LogP contribution in [0.2, 0.25) is 5.02 Å². The quantitative estimate of drug-likeness (QED) is 0.533. The number of nitrogens with one attached hydrogen (secondary N) is 1. The number of halogens is 2. The second-order valence-electron chi connectivity index (χ2n) is 6.11. The van der Waals surface area contributed by atoms with Crippen molar-refractivity contribution < 1.29 is 9.18 Å². The summed E-state index contributed by atoms with van der Waals surface area (Å²) < 4.78 is 14.4. The number of nitrogens with zero attached hydrogens (tertiary/aromatic N) is 5. The summed E-state index contributed by atoms with van der Waals surface area (Å²) in [6.07, 6.45) is 5.70. The molecule has 150 valence electrons. The number of pyridine rings is 1. The topological polar surface area (TPSA) is 75.9 Å². The Kier molecular flexibility index (Phi) is 7.69. The van der Waals surface area contributed by atoms with Gasteiger partial charge in [-0.1, -0.05) is 11.6 Å². The van der Waals surface area contributed by atoms with Gasteiger partial charge in [0, 0.05) is 30.9 Å². The van der Waals surface area contributed by atoms with Crippen LogP contribution in [0.5, 0.6) is 0 Å². The highest BCUT2D eigenvalue weighted by atomic mass is 35.5.